The fourth-order valence-electron chi connectivity index (χ4n) is 2.96. The van der Waals surface area contributed by atoms with Gasteiger partial charge in [0.1, 0.15) is 5.82 Å². The zero-order chi connectivity index (χ0) is 18.2. The van der Waals surface area contributed by atoms with Crippen molar-refractivity contribution >= 4 is 35.8 Å². The summed E-state index contributed by atoms with van der Waals surface area (Å²) in [5, 5.41) is 6.68. The summed E-state index contributed by atoms with van der Waals surface area (Å²) in [5.41, 5.74) is 1.14. The number of aliphatic imine (C=N–C) groups is 1. The molecule has 1 fully saturated rings. The Morgan fingerprint density at radius 2 is 1.96 bits per heavy atom. The molecule has 2 unspecified atom stereocenters. The first-order valence-corrected chi connectivity index (χ1v) is 9.27. The van der Waals surface area contributed by atoms with E-state index in [9.17, 15) is 0 Å². The highest BCUT2D eigenvalue weighted by Gasteiger charge is 2.22. The molecule has 0 aromatic carbocycles. The van der Waals surface area contributed by atoms with Crippen molar-refractivity contribution in [2.75, 3.05) is 31.6 Å². The van der Waals surface area contributed by atoms with E-state index in [0.717, 1.165) is 43.4 Å². The zero-order valence-electron chi connectivity index (χ0n) is 16.7. The number of hydrogen-bond donors (Lipinski definition) is 2. The van der Waals surface area contributed by atoms with Crippen molar-refractivity contribution in [2.24, 2.45) is 10.9 Å². The Hall–Kier alpha value is -1.09. The standard InChI is InChI=1S/C19H33N5O.HI/c1-14(2)8-9-21-19(20-5)23-11-17-6-7-18(22-10-17)24-12-15(3)25-16(4)13-24;/h6-7,10,14-16H,8-9,11-13H2,1-5H3,(H2,20,21,23);1H. The molecule has 26 heavy (non-hydrogen) atoms. The third kappa shape index (κ3) is 7.65. The molecule has 0 saturated carbocycles. The number of nitrogens with zero attached hydrogens (tertiary/aromatic N) is 3. The van der Waals surface area contributed by atoms with Crippen LogP contribution in [0.25, 0.3) is 0 Å². The van der Waals surface area contributed by atoms with Crippen LogP contribution in [0.1, 0.15) is 39.7 Å². The molecule has 2 rings (SSSR count). The third-order valence-electron chi connectivity index (χ3n) is 4.25. The van der Waals surface area contributed by atoms with E-state index in [1.54, 1.807) is 7.05 Å². The number of aromatic nitrogens is 1. The summed E-state index contributed by atoms with van der Waals surface area (Å²) in [6.07, 6.45) is 3.56. The van der Waals surface area contributed by atoms with Gasteiger partial charge < -0.3 is 20.3 Å². The van der Waals surface area contributed by atoms with Crippen molar-refractivity contribution in [3.63, 3.8) is 0 Å². The van der Waals surface area contributed by atoms with Gasteiger partial charge in [0.15, 0.2) is 5.96 Å². The van der Waals surface area contributed by atoms with E-state index in [2.05, 4.69) is 65.3 Å². The normalized spacial score (nSPS) is 20.7. The number of guanidine groups is 1. The van der Waals surface area contributed by atoms with Gasteiger partial charge in [-0.15, -0.1) is 24.0 Å². The lowest BCUT2D eigenvalue weighted by atomic mass is 10.1. The van der Waals surface area contributed by atoms with Gasteiger partial charge in [-0.05, 0) is 37.8 Å². The lowest BCUT2D eigenvalue weighted by Gasteiger charge is -2.36. The smallest absolute Gasteiger partial charge is 0.191 e. The van der Waals surface area contributed by atoms with E-state index >= 15 is 0 Å². The first kappa shape index (κ1) is 23.0. The van der Waals surface area contributed by atoms with Crippen molar-refractivity contribution in [3.05, 3.63) is 23.9 Å². The Bertz CT molecular complexity index is 539. The van der Waals surface area contributed by atoms with E-state index in [1.165, 1.54) is 0 Å². The largest absolute Gasteiger partial charge is 0.372 e. The van der Waals surface area contributed by atoms with Gasteiger partial charge in [0.05, 0.1) is 12.2 Å². The highest BCUT2D eigenvalue weighted by Crippen LogP contribution is 2.18. The fourth-order valence-corrected chi connectivity index (χ4v) is 2.96. The topological polar surface area (TPSA) is 61.8 Å². The number of anilines is 1. The fraction of sp³-hybridized carbons (Fsp3) is 0.684. The van der Waals surface area contributed by atoms with Gasteiger partial charge in [-0.25, -0.2) is 4.98 Å². The Labute approximate surface area is 175 Å². The average molecular weight is 475 g/mol. The molecule has 1 aromatic heterocycles. The molecule has 2 atom stereocenters. The monoisotopic (exact) mass is 475 g/mol. The number of rotatable bonds is 6. The maximum Gasteiger partial charge on any atom is 0.191 e. The molecule has 0 amide bonds. The van der Waals surface area contributed by atoms with Crippen LogP contribution in [-0.4, -0.2) is 49.8 Å². The SMILES string of the molecule is CN=C(NCCC(C)C)NCc1ccc(N2CC(C)OC(C)C2)nc1.I. The van der Waals surface area contributed by atoms with E-state index < -0.39 is 0 Å². The Morgan fingerprint density at radius 3 is 2.50 bits per heavy atom. The molecule has 0 aliphatic carbocycles. The summed E-state index contributed by atoms with van der Waals surface area (Å²) in [6, 6.07) is 4.22. The molecule has 0 radical (unpaired) electrons. The lowest BCUT2D eigenvalue weighted by molar-refractivity contribution is -0.00545. The molecule has 148 valence electrons. The van der Waals surface area contributed by atoms with Gasteiger partial charge in [-0.1, -0.05) is 19.9 Å². The molecule has 6 nitrogen and oxygen atoms in total. The van der Waals surface area contributed by atoms with Crippen molar-refractivity contribution in [3.8, 4) is 0 Å². The predicted octanol–water partition coefficient (Wildman–Crippen LogP) is 3.02. The van der Waals surface area contributed by atoms with Crippen molar-refractivity contribution in [1.29, 1.82) is 0 Å². The number of nitrogens with one attached hydrogen (secondary N) is 2. The summed E-state index contributed by atoms with van der Waals surface area (Å²) >= 11 is 0. The minimum atomic E-state index is 0. The molecule has 2 N–H and O–H groups in total. The van der Waals surface area contributed by atoms with Gasteiger partial charge in [0.25, 0.3) is 0 Å². The summed E-state index contributed by atoms with van der Waals surface area (Å²) < 4.78 is 5.79. The van der Waals surface area contributed by atoms with Crippen LogP contribution in [0, 0.1) is 5.92 Å². The van der Waals surface area contributed by atoms with E-state index in [-0.39, 0.29) is 36.2 Å². The summed E-state index contributed by atoms with van der Waals surface area (Å²) in [6.45, 7) is 12.1. The molecule has 1 saturated heterocycles. The van der Waals surface area contributed by atoms with E-state index in [4.69, 9.17) is 4.74 Å². The van der Waals surface area contributed by atoms with E-state index in [1.807, 2.05) is 6.20 Å². The Balaban J connectivity index is 0.00000338. The quantitative estimate of drug-likeness (QED) is 0.377. The number of morpholine rings is 1. The molecule has 7 heteroatoms. The van der Waals surface area contributed by atoms with Gasteiger partial charge >= 0.3 is 0 Å². The molecular formula is C19H34IN5O. The molecular weight excluding hydrogens is 441 g/mol. The minimum Gasteiger partial charge on any atom is -0.372 e. The first-order valence-electron chi connectivity index (χ1n) is 9.27. The zero-order valence-corrected chi connectivity index (χ0v) is 19.0. The van der Waals surface area contributed by atoms with Gasteiger partial charge in [0.2, 0.25) is 0 Å². The van der Waals surface area contributed by atoms with Crippen LogP contribution in [0.15, 0.2) is 23.3 Å². The molecule has 0 bridgehead atoms. The minimum absolute atomic E-state index is 0. The second kappa shape index (κ2) is 11.6. The van der Waals surface area contributed by atoms with Crippen LogP contribution in [0.3, 0.4) is 0 Å². The van der Waals surface area contributed by atoms with Crippen LogP contribution >= 0.6 is 24.0 Å². The maximum atomic E-state index is 5.79. The van der Waals surface area contributed by atoms with Gasteiger partial charge in [-0.3, -0.25) is 4.99 Å². The predicted molar refractivity (Wildman–Crippen MR) is 120 cm³/mol. The Morgan fingerprint density at radius 1 is 1.27 bits per heavy atom. The first-order chi connectivity index (χ1) is 12.0. The highest BCUT2D eigenvalue weighted by molar-refractivity contribution is 14.0. The third-order valence-corrected chi connectivity index (χ3v) is 4.25. The van der Waals surface area contributed by atoms with Crippen LogP contribution < -0.4 is 15.5 Å². The average Bonchev–Trinajstić information content (AvgIpc) is 2.57. The number of pyridine rings is 1. The number of halogens is 1. The van der Waals surface area contributed by atoms with Gasteiger partial charge in [-0.2, -0.15) is 0 Å². The second-order valence-corrected chi connectivity index (χ2v) is 7.22. The molecule has 2 heterocycles. The lowest BCUT2D eigenvalue weighted by Crippen LogP contribution is -2.45. The second-order valence-electron chi connectivity index (χ2n) is 7.22. The van der Waals surface area contributed by atoms with Crippen molar-refractivity contribution < 1.29 is 4.74 Å². The van der Waals surface area contributed by atoms with Crippen LogP contribution in [0.2, 0.25) is 0 Å². The van der Waals surface area contributed by atoms with Crippen molar-refractivity contribution in [1.82, 2.24) is 15.6 Å². The summed E-state index contributed by atoms with van der Waals surface area (Å²) in [5.74, 6) is 2.54. The summed E-state index contributed by atoms with van der Waals surface area (Å²) in [7, 11) is 1.80. The van der Waals surface area contributed by atoms with Crippen molar-refractivity contribution in [2.45, 2.75) is 52.9 Å². The van der Waals surface area contributed by atoms with Gasteiger partial charge in [0, 0.05) is 39.4 Å². The number of ether oxygens (including phenoxy) is 1. The highest BCUT2D eigenvalue weighted by atomic mass is 127. The number of hydrogen-bond acceptors (Lipinski definition) is 4. The summed E-state index contributed by atoms with van der Waals surface area (Å²) in [4.78, 5) is 11.2. The van der Waals surface area contributed by atoms with Crippen LogP contribution in [0.5, 0.6) is 0 Å². The molecule has 1 aliphatic heterocycles. The van der Waals surface area contributed by atoms with Crippen LogP contribution in [-0.2, 0) is 11.3 Å². The molecule has 1 aromatic rings. The molecule has 0 spiro atoms. The maximum absolute atomic E-state index is 5.79. The van der Waals surface area contributed by atoms with E-state index in [0.29, 0.717) is 12.5 Å². The molecule has 1 aliphatic rings. The van der Waals surface area contributed by atoms with Crippen LogP contribution in [0.4, 0.5) is 5.82 Å². The Kier molecular flexibility index (Phi) is 10.2.